The normalized spacial score (nSPS) is 10.2. The van der Waals surface area contributed by atoms with Crippen molar-refractivity contribution in [2.24, 2.45) is 0 Å². The van der Waals surface area contributed by atoms with E-state index in [9.17, 15) is 4.79 Å². The maximum atomic E-state index is 11.3. The average Bonchev–Trinajstić information content (AvgIpc) is 2.55. The number of hydrogen-bond donors (Lipinski definition) is 0. The summed E-state index contributed by atoms with van der Waals surface area (Å²) >= 11 is 9.19. The van der Waals surface area contributed by atoms with Crippen LogP contribution in [0.25, 0.3) is 0 Å². The third kappa shape index (κ3) is 2.51. The second kappa shape index (κ2) is 5.41. The first-order chi connectivity index (χ1) is 6.70. The standard InChI is InChI=1S/C9H11BrClNO2/c1-14-9(13)8-7(11)3-6-12(8)5-2-4-10/h3,6H,2,4-5H2,1H3. The van der Waals surface area contributed by atoms with Crippen LogP contribution in [0.4, 0.5) is 0 Å². The number of methoxy groups -OCH3 is 1. The first-order valence-electron chi connectivity index (χ1n) is 4.19. The molecular weight excluding hydrogens is 269 g/mol. The summed E-state index contributed by atoms with van der Waals surface area (Å²) < 4.78 is 6.44. The van der Waals surface area contributed by atoms with Crippen LogP contribution in [0.5, 0.6) is 0 Å². The van der Waals surface area contributed by atoms with Crippen molar-refractivity contribution in [1.29, 1.82) is 0 Å². The zero-order valence-electron chi connectivity index (χ0n) is 7.80. The highest BCUT2D eigenvalue weighted by molar-refractivity contribution is 9.09. The molecule has 0 fully saturated rings. The molecule has 1 aromatic heterocycles. The molecule has 1 heterocycles. The SMILES string of the molecule is COC(=O)c1c(Cl)ccn1CCCBr. The third-order valence-electron chi connectivity index (χ3n) is 1.83. The van der Waals surface area contributed by atoms with E-state index in [-0.39, 0.29) is 0 Å². The van der Waals surface area contributed by atoms with Gasteiger partial charge < -0.3 is 9.30 Å². The topological polar surface area (TPSA) is 31.2 Å². The van der Waals surface area contributed by atoms with E-state index in [0.29, 0.717) is 10.7 Å². The summed E-state index contributed by atoms with van der Waals surface area (Å²) in [5.74, 6) is -0.394. The number of carbonyl (C=O) groups excluding carboxylic acids is 1. The van der Waals surface area contributed by atoms with E-state index in [0.717, 1.165) is 18.3 Å². The minimum absolute atomic E-state index is 0.394. The van der Waals surface area contributed by atoms with Crippen LogP contribution < -0.4 is 0 Å². The highest BCUT2D eigenvalue weighted by Gasteiger charge is 2.15. The first-order valence-corrected chi connectivity index (χ1v) is 5.69. The third-order valence-corrected chi connectivity index (χ3v) is 2.69. The molecule has 0 unspecified atom stereocenters. The molecule has 0 aliphatic rings. The van der Waals surface area contributed by atoms with Crippen molar-refractivity contribution < 1.29 is 9.53 Å². The number of rotatable bonds is 4. The predicted molar refractivity (Wildman–Crippen MR) is 59.2 cm³/mol. The molecular formula is C9H11BrClNO2. The van der Waals surface area contributed by atoms with Gasteiger partial charge in [0.05, 0.1) is 12.1 Å². The zero-order chi connectivity index (χ0) is 10.6. The van der Waals surface area contributed by atoms with E-state index >= 15 is 0 Å². The Labute approximate surface area is 96.1 Å². The van der Waals surface area contributed by atoms with Crippen molar-refractivity contribution >= 4 is 33.5 Å². The summed E-state index contributed by atoms with van der Waals surface area (Å²) in [7, 11) is 1.35. The Kier molecular flexibility index (Phi) is 4.48. The van der Waals surface area contributed by atoms with Gasteiger partial charge in [-0.05, 0) is 12.5 Å². The lowest BCUT2D eigenvalue weighted by atomic mass is 10.4. The van der Waals surface area contributed by atoms with Crippen LogP contribution in [-0.4, -0.2) is 23.0 Å². The largest absolute Gasteiger partial charge is 0.464 e. The van der Waals surface area contributed by atoms with E-state index in [4.69, 9.17) is 11.6 Å². The molecule has 0 aliphatic carbocycles. The summed E-state index contributed by atoms with van der Waals surface area (Å²) in [6.45, 7) is 0.752. The smallest absolute Gasteiger partial charge is 0.356 e. The highest BCUT2D eigenvalue weighted by atomic mass is 79.9. The van der Waals surface area contributed by atoms with E-state index < -0.39 is 5.97 Å². The monoisotopic (exact) mass is 279 g/mol. The van der Waals surface area contributed by atoms with Crippen LogP contribution in [0.3, 0.4) is 0 Å². The Balaban J connectivity index is 2.88. The molecule has 0 N–H and O–H groups in total. The Morgan fingerprint density at radius 3 is 3.00 bits per heavy atom. The van der Waals surface area contributed by atoms with Gasteiger partial charge in [0.25, 0.3) is 0 Å². The maximum Gasteiger partial charge on any atom is 0.356 e. The van der Waals surface area contributed by atoms with Gasteiger partial charge in [0.1, 0.15) is 5.69 Å². The van der Waals surface area contributed by atoms with Crippen molar-refractivity contribution in [2.75, 3.05) is 12.4 Å². The molecule has 0 amide bonds. The minimum Gasteiger partial charge on any atom is -0.464 e. The molecule has 0 spiro atoms. The Morgan fingerprint density at radius 1 is 1.71 bits per heavy atom. The van der Waals surface area contributed by atoms with Gasteiger partial charge in [0, 0.05) is 18.1 Å². The minimum atomic E-state index is -0.394. The van der Waals surface area contributed by atoms with Gasteiger partial charge in [-0.25, -0.2) is 4.79 Å². The molecule has 0 saturated carbocycles. The molecule has 5 heteroatoms. The van der Waals surface area contributed by atoms with Crippen molar-refractivity contribution in [1.82, 2.24) is 4.57 Å². The fourth-order valence-electron chi connectivity index (χ4n) is 1.17. The quantitative estimate of drug-likeness (QED) is 0.627. The van der Waals surface area contributed by atoms with E-state index in [1.54, 1.807) is 16.8 Å². The maximum absolute atomic E-state index is 11.3. The van der Waals surface area contributed by atoms with E-state index in [2.05, 4.69) is 20.7 Å². The summed E-state index contributed by atoms with van der Waals surface area (Å²) in [6.07, 6.45) is 2.73. The van der Waals surface area contributed by atoms with Crippen molar-refractivity contribution in [2.45, 2.75) is 13.0 Å². The lowest BCUT2D eigenvalue weighted by Crippen LogP contribution is -2.10. The van der Waals surface area contributed by atoms with Crippen molar-refractivity contribution in [3.63, 3.8) is 0 Å². The molecule has 0 bridgehead atoms. The summed E-state index contributed by atoms with van der Waals surface area (Å²) in [4.78, 5) is 11.3. The fourth-order valence-corrected chi connectivity index (χ4v) is 1.67. The van der Waals surface area contributed by atoms with Gasteiger partial charge in [-0.3, -0.25) is 0 Å². The number of nitrogens with zero attached hydrogens (tertiary/aromatic N) is 1. The zero-order valence-corrected chi connectivity index (χ0v) is 10.1. The number of ether oxygens (including phenoxy) is 1. The highest BCUT2D eigenvalue weighted by Crippen LogP contribution is 2.18. The summed E-state index contributed by atoms with van der Waals surface area (Å²) in [5, 5.41) is 1.33. The number of esters is 1. The van der Waals surface area contributed by atoms with Crippen LogP contribution in [0.15, 0.2) is 12.3 Å². The van der Waals surface area contributed by atoms with E-state index in [1.807, 2.05) is 0 Å². The van der Waals surface area contributed by atoms with Gasteiger partial charge in [0.2, 0.25) is 0 Å². The molecule has 3 nitrogen and oxygen atoms in total. The lowest BCUT2D eigenvalue weighted by molar-refractivity contribution is 0.0588. The molecule has 0 saturated heterocycles. The van der Waals surface area contributed by atoms with Crippen LogP contribution in [0.1, 0.15) is 16.9 Å². The van der Waals surface area contributed by atoms with Gasteiger partial charge in [-0.2, -0.15) is 0 Å². The molecule has 0 atom stereocenters. The molecule has 14 heavy (non-hydrogen) atoms. The Morgan fingerprint density at radius 2 is 2.43 bits per heavy atom. The Hall–Kier alpha value is -0.480. The number of carbonyl (C=O) groups is 1. The lowest BCUT2D eigenvalue weighted by Gasteiger charge is -2.06. The van der Waals surface area contributed by atoms with Gasteiger partial charge in [0.15, 0.2) is 0 Å². The molecule has 78 valence electrons. The molecule has 0 aliphatic heterocycles. The van der Waals surface area contributed by atoms with Crippen molar-refractivity contribution in [3.8, 4) is 0 Å². The van der Waals surface area contributed by atoms with E-state index in [1.165, 1.54) is 7.11 Å². The number of halogens is 2. The summed E-state index contributed by atoms with van der Waals surface area (Å²) in [5.41, 5.74) is 0.426. The second-order valence-electron chi connectivity index (χ2n) is 2.74. The molecule has 0 radical (unpaired) electrons. The fraction of sp³-hybridized carbons (Fsp3) is 0.444. The second-order valence-corrected chi connectivity index (χ2v) is 3.94. The number of hydrogen-bond acceptors (Lipinski definition) is 2. The predicted octanol–water partition coefficient (Wildman–Crippen LogP) is 2.71. The Bertz CT molecular complexity index is 325. The van der Waals surface area contributed by atoms with Crippen LogP contribution >= 0.6 is 27.5 Å². The van der Waals surface area contributed by atoms with Crippen LogP contribution in [-0.2, 0) is 11.3 Å². The molecule has 0 aromatic carbocycles. The van der Waals surface area contributed by atoms with Crippen LogP contribution in [0, 0.1) is 0 Å². The summed E-state index contributed by atoms with van der Waals surface area (Å²) in [6, 6.07) is 1.70. The van der Waals surface area contributed by atoms with Gasteiger partial charge >= 0.3 is 5.97 Å². The van der Waals surface area contributed by atoms with Gasteiger partial charge in [-0.15, -0.1) is 0 Å². The van der Waals surface area contributed by atoms with Crippen molar-refractivity contribution in [3.05, 3.63) is 23.0 Å². The van der Waals surface area contributed by atoms with Gasteiger partial charge in [-0.1, -0.05) is 27.5 Å². The number of aryl methyl sites for hydroxylation is 1. The first kappa shape index (κ1) is 11.6. The average molecular weight is 281 g/mol. The molecule has 1 rings (SSSR count). The number of alkyl halides is 1. The van der Waals surface area contributed by atoms with Crippen LogP contribution in [0.2, 0.25) is 5.02 Å². The number of aromatic nitrogens is 1. The molecule has 1 aromatic rings.